The van der Waals surface area contributed by atoms with Gasteiger partial charge in [-0.25, -0.2) is 10.6 Å². The predicted molar refractivity (Wildman–Crippen MR) is 68.5 cm³/mol. The highest BCUT2D eigenvalue weighted by Crippen LogP contribution is 2.08. The van der Waals surface area contributed by atoms with Crippen LogP contribution in [0.15, 0.2) is 0 Å². The molecular weight excluding hydrogens is 242 g/mol. The highest BCUT2D eigenvalue weighted by molar-refractivity contribution is 7.98. The van der Waals surface area contributed by atoms with Gasteiger partial charge < -0.3 is 10.1 Å². The number of thioether (sulfide) groups is 1. The lowest BCUT2D eigenvalue weighted by Crippen LogP contribution is -2.50. The van der Waals surface area contributed by atoms with Gasteiger partial charge in [-0.2, -0.15) is 11.8 Å². The number of carbonyl (C=O) groups is 2. The highest BCUT2D eigenvalue weighted by atomic mass is 32.2. The van der Waals surface area contributed by atoms with Crippen LogP contribution in [0.2, 0.25) is 0 Å². The Morgan fingerprint density at radius 1 is 1.41 bits per heavy atom. The van der Waals surface area contributed by atoms with Gasteiger partial charge in [0.1, 0.15) is 11.6 Å². The van der Waals surface area contributed by atoms with Gasteiger partial charge in [0.25, 0.3) is 5.91 Å². The average Bonchev–Trinajstić information content (AvgIpc) is 2.20. The first kappa shape index (κ1) is 16.1. The minimum atomic E-state index is -0.665. The standard InChI is InChI=1S/C10H21N3O3S/c1-10(2,3)16-9(15)12-7(5-6-17-4)8(14)13-11/h7H,5-6,11H2,1-4H3,(H,12,15)(H,13,14). The molecule has 0 radical (unpaired) electrons. The van der Waals surface area contributed by atoms with Crippen molar-refractivity contribution < 1.29 is 14.3 Å². The van der Waals surface area contributed by atoms with E-state index in [0.717, 1.165) is 5.75 Å². The molecule has 0 aliphatic rings. The summed E-state index contributed by atoms with van der Waals surface area (Å²) in [5.74, 6) is 5.37. The molecule has 17 heavy (non-hydrogen) atoms. The van der Waals surface area contributed by atoms with Gasteiger partial charge in [0.15, 0.2) is 0 Å². The number of hydrogen-bond donors (Lipinski definition) is 3. The molecule has 0 saturated heterocycles. The van der Waals surface area contributed by atoms with Crippen molar-refractivity contribution in [3.05, 3.63) is 0 Å². The van der Waals surface area contributed by atoms with Gasteiger partial charge in [-0.15, -0.1) is 0 Å². The zero-order valence-electron chi connectivity index (χ0n) is 10.7. The van der Waals surface area contributed by atoms with E-state index in [1.807, 2.05) is 11.7 Å². The Kier molecular flexibility index (Phi) is 6.98. The van der Waals surface area contributed by atoms with Gasteiger partial charge in [0.05, 0.1) is 0 Å². The third-order valence-electron chi connectivity index (χ3n) is 1.76. The van der Waals surface area contributed by atoms with E-state index in [9.17, 15) is 9.59 Å². The number of nitrogens with one attached hydrogen (secondary N) is 2. The Morgan fingerprint density at radius 2 is 2.00 bits per heavy atom. The van der Waals surface area contributed by atoms with Crippen molar-refractivity contribution in [2.24, 2.45) is 5.84 Å². The molecule has 7 heteroatoms. The molecule has 0 bridgehead atoms. The Balaban J connectivity index is 4.32. The molecule has 1 atom stereocenters. The summed E-state index contributed by atoms with van der Waals surface area (Å²) in [4.78, 5) is 22.9. The van der Waals surface area contributed by atoms with Gasteiger partial charge in [0, 0.05) is 0 Å². The molecule has 1 unspecified atom stereocenters. The van der Waals surface area contributed by atoms with E-state index in [-0.39, 0.29) is 0 Å². The number of amides is 2. The molecule has 2 amide bonds. The van der Waals surface area contributed by atoms with Crippen molar-refractivity contribution in [1.82, 2.24) is 10.7 Å². The van der Waals surface area contributed by atoms with Crippen LogP contribution in [0.5, 0.6) is 0 Å². The maximum Gasteiger partial charge on any atom is 0.408 e. The Hall–Kier alpha value is -0.950. The summed E-state index contributed by atoms with van der Waals surface area (Å²) in [5, 5.41) is 2.49. The van der Waals surface area contributed by atoms with Crippen molar-refractivity contribution in [1.29, 1.82) is 0 Å². The molecule has 0 fully saturated rings. The summed E-state index contributed by atoms with van der Waals surface area (Å²) in [6, 6.07) is -0.665. The van der Waals surface area contributed by atoms with Crippen LogP contribution in [0.25, 0.3) is 0 Å². The lowest BCUT2D eigenvalue weighted by Gasteiger charge is -2.22. The van der Waals surface area contributed by atoms with Crippen molar-refractivity contribution in [3.8, 4) is 0 Å². The second-order valence-electron chi connectivity index (χ2n) is 4.49. The van der Waals surface area contributed by atoms with Crippen molar-refractivity contribution in [3.63, 3.8) is 0 Å². The zero-order chi connectivity index (χ0) is 13.5. The van der Waals surface area contributed by atoms with Crippen molar-refractivity contribution >= 4 is 23.8 Å². The average molecular weight is 263 g/mol. The van der Waals surface area contributed by atoms with Crippen molar-refractivity contribution in [2.75, 3.05) is 12.0 Å². The van der Waals surface area contributed by atoms with E-state index in [4.69, 9.17) is 10.6 Å². The van der Waals surface area contributed by atoms with Crippen molar-refractivity contribution in [2.45, 2.75) is 38.8 Å². The van der Waals surface area contributed by atoms with Crippen LogP contribution < -0.4 is 16.6 Å². The maximum absolute atomic E-state index is 11.5. The summed E-state index contributed by atoms with van der Waals surface area (Å²) in [7, 11) is 0. The van der Waals surface area contributed by atoms with Crippen LogP contribution in [0.3, 0.4) is 0 Å². The van der Waals surface area contributed by atoms with Gasteiger partial charge in [0.2, 0.25) is 0 Å². The molecule has 0 rings (SSSR count). The third kappa shape index (κ3) is 7.87. The fourth-order valence-corrected chi connectivity index (χ4v) is 1.53. The van der Waals surface area contributed by atoms with Crippen LogP contribution in [-0.2, 0) is 9.53 Å². The number of rotatable bonds is 5. The molecule has 4 N–H and O–H groups in total. The van der Waals surface area contributed by atoms with Crippen LogP contribution >= 0.6 is 11.8 Å². The minimum absolute atomic E-state index is 0.426. The SMILES string of the molecule is CSCCC(NC(=O)OC(C)(C)C)C(=O)NN. The van der Waals surface area contributed by atoms with Crippen LogP contribution in [-0.4, -0.2) is 35.7 Å². The summed E-state index contributed by atoms with van der Waals surface area (Å²) in [6.45, 7) is 5.27. The molecule has 0 aromatic rings. The largest absolute Gasteiger partial charge is 0.444 e. The Morgan fingerprint density at radius 3 is 2.41 bits per heavy atom. The summed E-state index contributed by atoms with van der Waals surface area (Å²) in [6.07, 6.45) is 1.81. The molecule has 0 heterocycles. The van der Waals surface area contributed by atoms with E-state index < -0.39 is 23.6 Å². The number of hydrogen-bond acceptors (Lipinski definition) is 5. The topological polar surface area (TPSA) is 93.4 Å². The molecule has 0 aromatic heterocycles. The number of alkyl carbamates (subject to hydrolysis) is 1. The second kappa shape index (κ2) is 7.39. The Bertz CT molecular complexity index is 266. The molecule has 0 aliphatic heterocycles. The normalized spacial score (nSPS) is 12.8. The van der Waals surface area contributed by atoms with Crippen LogP contribution in [0.1, 0.15) is 27.2 Å². The summed E-state index contributed by atoms with van der Waals surface area (Å²) >= 11 is 1.59. The van der Waals surface area contributed by atoms with Gasteiger partial charge >= 0.3 is 6.09 Å². The molecule has 6 nitrogen and oxygen atoms in total. The van der Waals surface area contributed by atoms with E-state index in [1.54, 1.807) is 32.5 Å². The highest BCUT2D eigenvalue weighted by Gasteiger charge is 2.23. The number of nitrogens with two attached hydrogens (primary N) is 1. The van der Waals surface area contributed by atoms with E-state index in [1.165, 1.54) is 0 Å². The third-order valence-corrected chi connectivity index (χ3v) is 2.40. The quantitative estimate of drug-likeness (QED) is 0.384. The van der Waals surface area contributed by atoms with Gasteiger partial charge in [-0.1, -0.05) is 0 Å². The number of ether oxygens (including phenoxy) is 1. The molecular formula is C10H21N3O3S. The first-order valence-corrected chi connectivity index (χ1v) is 6.68. The van der Waals surface area contributed by atoms with Crippen LogP contribution in [0.4, 0.5) is 4.79 Å². The lowest BCUT2D eigenvalue weighted by atomic mass is 10.2. The molecule has 0 spiro atoms. The summed E-state index contributed by atoms with van der Waals surface area (Å²) < 4.78 is 5.07. The fourth-order valence-electron chi connectivity index (χ4n) is 1.05. The van der Waals surface area contributed by atoms with E-state index in [0.29, 0.717) is 6.42 Å². The monoisotopic (exact) mass is 263 g/mol. The van der Waals surface area contributed by atoms with Gasteiger partial charge in [-0.05, 0) is 39.2 Å². The lowest BCUT2D eigenvalue weighted by molar-refractivity contribution is -0.123. The first-order chi connectivity index (χ1) is 7.80. The molecule has 0 aromatic carbocycles. The van der Waals surface area contributed by atoms with E-state index >= 15 is 0 Å². The Labute approximate surface area is 106 Å². The van der Waals surface area contributed by atoms with E-state index in [2.05, 4.69) is 5.32 Å². The predicted octanol–water partition coefficient (Wildman–Crippen LogP) is 0.623. The molecule has 100 valence electrons. The smallest absolute Gasteiger partial charge is 0.408 e. The molecule has 0 saturated carbocycles. The summed E-state index contributed by atoms with van der Waals surface area (Å²) in [5.41, 5.74) is 1.43. The minimum Gasteiger partial charge on any atom is -0.444 e. The van der Waals surface area contributed by atoms with Crippen LogP contribution in [0, 0.1) is 0 Å². The second-order valence-corrected chi connectivity index (χ2v) is 5.47. The number of hydrazine groups is 1. The number of carbonyl (C=O) groups excluding carboxylic acids is 2. The molecule has 0 aliphatic carbocycles. The van der Waals surface area contributed by atoms with Gasteiger partial charge in [-0.3, -0.25) is 10.2 Å². The maximum atomic E-state index is 11.5. The fraction of sp³-hybridized carbons (Fsp3) is 0.800. The zero-order valence-corrected chi connectivity index (χ0v) is 11.5. The first-order valence-electron chi connectivity index (χ1n) is 5.29.